The highest BCUT2D eigenvalue weighted by Crippen LogP contribution is 2.30. The van der Waals surface area contributed by atoms with Gasteiger partial charge in [-0.15, -0.1) is 12.4 Å². The zero-order chi connectivity index (χ0) is 26.2. The standard InChI is InChI=1S/C30H33N3O4.ClH/c1-20-3-2-4-22(17-20)19-36-28(34)25-11-9-23(10-12-25)24-13-15-27(16-14-24)37-29(35)26-7-5-21(6-8-26)18-33-30(31)32;/h2-4,9-17,21,26H,5-8,18-19H2,1H3,(H4,31,32,33);1H/t21-,26-;. The van der Waals surface area contributed by atoms with Crippen molar-refractivity contribution in [3.05, 3.63) is 89.5 Å². The van der Waals surface area contributed by atoms with Crippen LogP contribution in [0.2, 0.25) is 0 Å². The number of nitrogens with one attached hydrogen (secondary N) is 2. The van der Waals surface area contributed by atoms with Gasteiger partial charge in [0.05, 0.1) is 11.5 Å². The van der Waals surface area contributed by atoms with Crippen LogP contribution < -0.4 is 15.8 Å². The molecule has 38 heavy (non-hydrogen) atoms. The molecule has 0 amide bonds. The van der Waals surface area contributed by atoms with Gasteiger partial charge in [-0.05, 0) is 79.5 Å². The quantitative estimate of drug-likeness (QED) is 0.149. The summed E-state index contributed by atoms with van der Waals surface area (Å²) in [6, 6.07) is 22.5. The highest BCUT2D eigenvalue weighted by atomic mass is 35.5. The smallest absolute Gasteiger partial charge is 0.338 e. The minimum atomic E-state index is -0.362. The number of hydrogen-bond donors (Lipinski definition) is 3. The van der Waals surface area contributed by atoms with Crippen LogP contribution in [0.4, 0.5) is 0 Å². The molecule has 3 aromatic carbocycles. The molecule has 4 N–H and O–H groups in total. The van der Waals surface area contributed by atoms with Gasteiger partial charge in [0.2, 0.25) is 0 Å². The molecular formula is C30H34ClN3O4. The number of hydrogen-bond acceptors (Lipinski definition) is 5. The Morgan fingerprint density at radius 2 is 1.58 bits per heavy atom. The van der Waals surface area contributed by atoms with Crippen LogP contribution in [0.3, 0.4) is 0 Å². The molecule has 0 heterocycles. The summed E-state index contributed by atoms with van der Waals surface area (Å²) in [4.78, 5) is 25.0. The molecular weight excluding hydrogens is 502 g/mol. The first-order chi connectivity index (χ1) is 17.9. The van der Waals surface area contributed by atoms with E-state index in [0.29, 0.717) is 23.8 Å². The van der Waals surface area contributed by atoms with Gasteiger partial charge in [-0.25, -0.2) is 4.79 Å². The first kappa shape index (κ1) is 28.7. The second kappa shape index (κ2) is 13.6. The highest BCUT2D eigenvalue weighted by Gasteiger charge is 2.27. The minimum absolute atomic E-state index is 0. The molecule has 1 saturated carbocycles. The lowest BCUT2D eigenvalue weighted by Crippen LogP contribution is -2.36. The van der Waals surface area contributed by atoms with Crippen molar-refractivity contribution in [1.82, 2.24) is 5.32 Å². The molecule has 1 fully saturated rings. The summed E-state index contributed by atoms with van der Waals surface area (Å²) >= 11 is 0. The summed E-state index contributed by atoms with van der Waals surface area (Å²) in [7, 11) is 0. The normalized spacial score (nSPS) is 16.6. The number of esters is 2. The van der Waals surface area contributed by atoms with E-state index in [4.69, 9.17) is 20.6 Å². The van der Waals surface area contributed by atoms with E-state index in [1.807, 2.05) is 55.5 Å². The van der Waals surface area contributed by atoms with Crippen LogP contribution in [-0.4, -0.2) is 24.4 Å². The van der Waals surface area contributed by atoms with E-state index in [1.54, 1.807) is 24.3 Å². The first-order valence-corrected chi connectivity index (χ1v) is 12.6. The third-order valence-electron chi connectivity index (χ3n) is 6.74. The molecule has 0 atom stereocenters. The van der Waals surface area contributed by atoms with Crippen LogP contribution in [0.1, 0.15) is 47.2 Å². The second-order valence-corrected chi connectivity index (χ2v) is 9.60. The van der Waals surface area contributed by atoms with Crippen molar-refractivity contribution in [3.63, 3.8) is 0 Å². The predicted octanol–water partition coefficient (Wildman–Crippen LogP) is 5.64. The summed E-state index contributed by atoms with van der Waals surface area (Å²) < 4.78 is 11.1. The number of carbonyl (C=O) groups is 2. The van der Waals surface area contributed by atoms with E-state index >= 15 is 0 Å². The fourth-order valence-electron chi connectivity index (χ4n) is 4.60. The maximum Gasteiger partial charge on any atom is 0.338 e. The van der Waals surface area contributed by atoms with Crippen molar-refractivity contribution >= 4 is 30.3 Å². The number of halogens is 1. The predicted molar refractivity (Wildman–Crippen MR) is 150 cm³/mol. The fourth-order valence-corrected chi connectivity index (χ4v) is 4.60. The van der Waals surface area contributed by atoms with Crippen molar-refractivity contribution in [3.8, 4) is 16.9 Å². The van der Waals surface area contributed by atoms with Crippen molar-refractivity contribution in [2.24, 2.45) is 17.6 Å². The van der Waals surface area contributed by atoms with Gasteiger partial charge >= 0.3 is 11.9 Å². The second-order valence-electron chi connectivity index (χ2n) is 9.60. The maximum absolute atomic E-state index is 12.6. The molecule has 0 bridgehead atoms. The largest absolute Gasteiger partial charge is 0.457 e. The van der Waals surface area contributed by atoms with E-state index in [9.17, 15) is 9.59 Å². The highest BCUT2D eigenvalue weighted by molar-refractivity contribution is 5.90. The Morgan fingerprint density at radius 1 is 0.947 bits per heavy atom. The Hall–Kier alpha value is -3.84. The molecule has 3 aromatic rings. The molecule has 4 rings (SSSR count). The van der Waals surface area contributed by atoms with Crippen LogP contribution in [0.5, 0.6) is 5.75 Å². The molecule has 0 radical (unpaired) electrons. The fraction of sp³-hybridized carbons (Fsp3) is 0.300. The molecule has 0 saturated heterocycles. The molecule has 1 aliphatic carbocycles. The molecule has 0 unspecified atom stereocenters. The van der Waals surface area contributed by atoms with Crippen LogP contribution in [0.15, 0.2) is 72.8 Å². The van der Waals surface area contributed by atoms with Gasteiger partial charge in [0, 0.05) is 6.54 Å². The van der Waals surface area contributed by atoms with Gasteiger partial charge in [0.1, 0.15) is 12.4 Å². The zero-order valence-electron chi connectivity index (χ0n) is 21.4. The van der Waals surface area contributed by atoms with E-state index in [-0.39, 0.29) is 42.8 Å². The van der Waals surface area contributed by atoms with E-state index < -0.39 is 0 Å². The summed E-state index contributed by atoms with van der Waals surface area (Å²) in [5, 5.41) is 10.1. The summed E-state index contributed by atoms with van der Waals surface area (Å²) in [6.07, 6.45) is 3.38. The number of benzene rings is 3. The molecule has 1 aliphatic rings. The van der Waals surface area contributed by atoms with Crippen molar-refractivity contribution < 1.29 is 19.1 Å². The van der Waals surface area contributed by atoms with Crippen LogP contribution >= 0.6 is 12.4 Å². The molecule has 8 heteroatoms. The number of guanidine groups is 1. The Kier molecular flexibility index (Phi) is 10.3. The Bertz CT molecular complexity index is 1240. The van der Waals surface area contributed by atoms with Gasteiger partial charge in [-0.3, -0.25) is 10.2 Å². The van der Waals surface area contributed by atoms with Crippen molar-refractivity contribution in [1.29, 1.82) is 5.41 Å². The monoisotopic (exact) mass is 535 g/mol. The molecule has 0 aliphatic heterocycles. The topological polar surface area (TPSA) is 114 Å². The lowest BCUT2D eigenvalue weighted by Gasteiger charge is -2.27. The first-order valence-electron chi connectivity index (χ1n) is 12.6. The van der Waals surface area contributed by atoms with Crippen LogP contribution in [0, 0.1) is 24.2 Å². The minimum Gasteiger partial charge on any atom is -0.457 e. The van der Waals surface area contributed by atoms with Crippen molar-refractivity contribution in [2.75, 3.05) is 6.54 Å². The van der Waals surface area contributed by atoms with Gasteiger partial charge in [0.15, 0.2) is 5.96 Å². The lowest BCUT2D eigenvalue weighted by atomic mass is 9.82. The summed E-state index contributed by atoms with van der Waals surface area (Å²) in [6.45, 7) is 2.92. The lowest BCUT2D eigenvalue weighted by molar-refractivity contribution is -0.140. The number of ether oxygens (including phenoxy) is 2. The Morgan fingerprint density at radius 3 is 2.18 bits per heavy atom. The van der Waals surface area contributed by atoms with Crippen LogP contribution in [0.25, 0.3) is 11.1 Å². The van der Waals surface area contributed by atoms with E-state index in [2.05, 4.69) is 5.32 Å². The van der Waals surface area contributed by atoms with E-state index in [0.717, 1.165) is 47.9 Å². The average molecular weight is 536 g/mol. The third-order valence-corrected chi connectivity index (χ3v) is 6.74. The Labute approximate surface area is 229 Å². The number of rotatable bonds is 8. The van der Waals surface area contributed by atoms with Gasteiger partial charge in [0.25, 0.3) is 0 Å². The molecule has 0 aromatic heterocycles. The number of aryl methyl sites for hydroxylation is 1. The zero-order valence-corrected chi connectivity index (χ0v) is 22.3. The Balaban J connectivity index is 0.00000400. The maximum atomic E-state index is 12.6. The number of nitrogens with two attached hydrogens (primary N) is 1. The summed E-state index contributed by atoms with van der Waals surface area (Å²) in [5.41, 5.74) is 9.84. The van der Waals surface area contributed by atoms with Gasteiger partial charge in [-0.1, -0.05) is 54.1 Å². The molecule has 0 spiro atoms. The number of carbonyl (C=O) groups excluding carboxylic acids is 2. The van der Waals surface area contributed by atoms with Crippen molar-refractivity contribution in [2.45, 2.75) is 39.2 Å². The van der Waals surface area contributed by atoms with Gasteiger partial charge < -0.3 is 20.5 Å². The van der Waals surface area contributed by atoms with Gasteiger partial charge in [-0.2, -0.15) is 0 Å². The van der Waals surface area contributed by atoms with Crippen LogP contribution in [-0.2, 0) is 16.1 Å². The van der Waals surface area contributed by atoms with E-state index in [1.165, 1.54) is 0 Å². The molecule has 7 nitrogen and oxygen atoms in total. The third kappa shape index (κ3) is 8.08. The SMILES string of the molecule is Cc1cccc(COC(=O)c2ccc(-c3ccc(OC(=O)[C@H]4CC[C@H](CNC(=N)N)CC4)cc3)cc2)c1.Cl. The average Bonchev–Trinajstić information content (AvgIpc) is 2.91. The summed E-state index contributed by atoms with van der Waals surface area (Å²) in [5.74, 6) is 0.265. The molecule has 200 valence electrons.